The minimum atomic E-state index is -3.53. The van der Waals surface area contributed by atoms with E-state index in [-0.39, 0.29) is 10.6 Å². The summed E-state index contributed by atoms with van der Waals surface area (Å²) in [6, 6.07) is 0. The molecule has 1 aromatic rings. The van der Waals surface area contributed by atoms with E-state index in [2.05, 4.69) is 45.4 Å². The molecule has 1 saturated heterocycles. The Balaban J connectivity index is 1.98. The molecule has 0 aliphatic carbocycles. The Bertz CT molecular complexity index is 573. The number of aromatic nitrogens is 2. The van der Waals surface area contributed by atoms with Gasteiger partial charge >= 0.3 is 0 Å². The minimum Gasteiger partial charge on any atom is -0.332 e. The third kappa shape index (κ3) is 4.03. The summed E-state index contributed by atoms with van der Waals surface area (Å²) in [7, 11) is -1.42. The van der Waals surface area contributed by atoms with Gasteiger partial charge in [0.1, 0.15) is 5.82 Å². The normalized spacial score (nSPS) is 19.0. The molecule has 1 aromatic heterocycles. The van der Waals surface area contributed by atoms with Crippen LogP contribution in [0.5, 0.6) is 0 Å². The van der Waals surface area contributed by atoms with E-state index in [9.17, 15) is 8.42 Å². The maximum absolute atomic E-state index is 12.2. The van der Waals surface area contributed by atoms with Gasteiger partial charge < -0.3 is 9.88 Å². The van der Waals surface area contributed by atoms with Crippen LogP contribution >= 0.6 is 0 Å². The van der Waals surface area contributed by atoms with Crippen LogP contribution in [0.3, 0.4) is 0 Å². The molecular weight excluding hydrogens is 290 g/mol. The third-order valence-corrected chi connectivity index (χ3v) is 5.33. The van der Waals surface area contributed by atoms with Gasteiger partial charge in [0, 0.05) is 38.3 Å². The molecule has 0 spiro atoms. The average Bonchev–Trinajstić information content (AvgIpc) is 2.85. The SMILES string of the molecule is Cc1ncc(S(=O)(=O)NCC(C)(C)N2CCN(C)CC2)[nH]1. The number of nitrogens with zero attached hydrogens (tertiary/aromatic N) is 3. The Hall–Kier alpha value is -0.960. The zero-order valence-corrected chi connectivity index (χ0v) is 14.0. The van der Waals surface area contributed by atoms with Crippen molar-refractivity contribution in [3.8, 4) is 0 Å². The maximum atomic E-state index is 12.2. The third-order valence-electron chi connectivity index (χ3n) is 4.02. The summed E-state index contributed by atoms with van der Waals surface area (Å²) < 4.78 is 27.1. The number of piperazine rings is 1. The predicted octanol–water partition coefficient (Wildman–Crippen LogP) is 0.0224. The molecule has 1 aliphatic heterocycles. The maximum Gasteiger partial charge on any atom is 0.257 e. The quantitative estimate of drug-likeness (QED) is 0.801. The Kier molecular flexibility index (Phi) is 4.72. The lowest BCUT2D eigenvalue weighted by Crippen LogP contribution is -2.57. The first-order valence-electron chi connectivity index (χ1n) is 7.15. The molecule has 1 aliphatic rings. The monoisotopic (exact) mass is 315 g/mol. The summed E-state index contributed by atoms with van der Waals surface area (Å²) >= 11 is 0. The van der Waals surface area contributed by atoms with Crippen LogP contribution in [0, 0.1) is 6.92 Å². The molecule has 0 atom stereocenters. The van der Waals surface area contributed by atoms with Crippen molar-refractivity contribution >= 4 is 10.0 Å². The Labute approximate surface area is 126 Å². The van der Waals surface area contributed by atoms with Gasteiger partial charge in [-0.1, -0.05) is 0 Å². The number of hydrogen-bond acceptors (Lipinski definition) is 5. The molecule has 120 valence electrons. The fourth-order valence-corrected chi connectivity index (χ4v) is 3.58. The molecule has 0 saturated carbocycles. The van der Waals surface area contributed by atoms with Gasteiger partial charge in [-0.3, -0.25) is 4.90 Å². The van der Waals surface area contributed by atoms with Gasteiger partial charge in [-0.2, -0.15) is 0 Å². The molecule has 0 bridgehead atoms. The molecule has 2 heterocycles. The zero-order chi connectivity index (χ0) is 15.7. The first-order chi connectivity index (χ1) is 9.71. The number of likely N-dealkylation sites (N-methyl/N-ethyl adjacent to an activating group) is 1. The number of sulfonamides is 1. The molecule has 1 fully saturated rings. The molecule has 0 unspecified atom stereocenters. The van der Waals surface area contributed by atoms with Crippen molar-refractivity contribution < 1.29 is 8.42 Å². The second-order valence-corrected chi connectivity index (χ2v) is 8.00. The van der Waals surface area contributed by atoms with E-state index < -0.39 is 10.0 Å². The van der Waals surface area contributed by atoms with Crippen LogP contribution in [0.15, 0.2) is 11.2 Å². The van der Waals surface area contributed by atoms with Crippen LogP contribution in [-0.4, -0.2) is 73.5 Å². The van der Waals surface area contributed by atoms with Crippen LogP contribution in [0.1, 0.15) is 19.7 Å². The molecule has 0 radical (unpaired) electrons. The summed E-state index contributed by atoms with van der Waals surface area (Å²) in [5.41, 5.74) is -0.219. The van der Waals surface area contributed by atoms with Gasteiger partial charge in [-0.15, -0.1) is 0 Å². The Morgan fingerprint density at radius 2 is 1.95 bits per heavy atom. The first kappa shape index (κ1) is 16.4. The molecule has 2 rings (SSSR count). The van der Waals surface area contributed by atoms with Crippen molar-refractivity contribution in [1.29, 1.82) is 0 Å². The highest BCUT2D eigenvalue weighted by Gasteiger charge is 2.31. The lowest BCUT2D eigenvalue weighted by atomic mass is 10.0. The van der Waals surface area contributed by atoms with Gasteiger partial charge in [0.15, 0.2) is 5.03 Å². The van der Waals surface area contributed by atoms with E-state index in [1.807, 2.05) is 0 Å². The van der Waals surface area contributed by atoms with Crippen LogP contribution in [0.4, 0.5) is 0 Å². The highest BCUT2D eigenvalue weighted by atomic mass is 32.2. The summed E-state index contributed by atoms with van der Waals surface area (Å²) in [5, 5.41) is 0.120. The highest BCUT2D eigenvalue weighted by Crippen LogP contribution is 2.17. The fourth-order valence-electron chi connectivity index (χ4n) is 2.41. The minimum absolute atomic E-state index is 0.120. The molecule has 7 nitrogen and oxygen atoms in total. The van der Waals surface area contributed by atoms with Crippen LogP contribution in [0.25, 0.3) is 0 Å². The van der Waals surface area contributed by atoms with Gasteiger partial charge in [-0.25, -0.2) is 18.1 Å². The molecule has 0 aromatic carbocycles. The smallest absolute Gasteiger partial charge is 0.257 e. The van der Waals surface area contributed by atoms with Crippen molar-refractivity contribution in [3.05, 3.63) is 12.0 Å². The molecule has 0 amide bonds. The van der Waals surface area contributed by atoms with Crippen LogP contribution < -0.4 is 4.72 Å². The zero-order valence-electron chi connectivity index (χ0n) is 13.2. The molecule has 8 heteroatoms. The van der Waals surface area contributed by atoms with E-state index in [1.54, 1.807) is 6.92 Å². The van der Waals surface area contributed by atoms with Crippen molar-refractivity contribution in [2.45, 2.75) is 31.3 Å². The topological polar surface area (TPSA) is 81.3 Å². The standard InChI is InChI=1S/C13H25N5O2S/c1-11-14-9-12(16-11)21(19,20)15-10-13(2,3)18-7-5-17(4)6-8-18/h9,15H,5-8,10H2,1-4H3,(H,14,16). The predicted molar refractivity (Wildman–Crippen MR) is 81.7 cm³/mol. The lowest BCUT2D eigenvalue weighted by molar-refractivity contribution is 0.0652. The van der Waals surface area contributed by atoms with Crippen molar-refractivity contribution in [2.75, 3.05) is 39.8 Å². The summed E-state index contributed by atoms with van der Waals surface area (Å²) in [5.74, 6) is 0.591. The number of aryl methyl sites for hydroxylation is 1. The van der Waals surface area contributed by atoms with Crippen molar-refractivity contribution in [1.82, 2.24) is 24.5 Å². The number of H-pyrrole nitrogens is 1. The molecule has 21 heavy (non-hydrogen) atoms. The van der Waals surface area contributed by atoms with Crippen LogP contribution in [-0.2, 0) is 10.0 Å². The summed E-state index contributed by atoms with van der Waals surface area (Å²) in [6.45, 7) is 10.2. The van der Waals surface area contributed by atoms with E-state index in [0.717, 1.165) is 26.2 Å². The van der Waals surface area contributed by atoms with Gasteiger partial charge in [0.2, 0.25) is 0 Å². The second-order valence-electron chi connectivity index (χ2n) is 6.26. The van der Waals surface area contributed by atoms with Crippen molar-refractivity contribution in [3.63, 3.8) is 0 Å². The lowest BCUT2D eigenvalue weighted by Gasteiger charge is -2.43. The van der Waals surface area contributed by atoms with Crippen LogP contribution in [0.2, 0.25) is 0 Å². The van der Waals surface area contributed by atoms with Gasteiger partial charge in [0.05, 0.1) is 6.20 Å². The molecular formula is C13H25N5O2S. The number of imidazole rings is 1. The van der Waals surface area contributed by atoms with Crippen molar-refractivity contribution in [2.24, 2.45) is 0 Å². The van der Waals surface area contributed by atoms with E-state index in [0.29, 0.717) is 12.4 Å². The summed E-state index contributed by atoms with van der Waals surface area (Å²) in [4.78, 5) is 11.3. The van der Waals surface area contributed by atoms with E-state index in [1.165, 1.54) is 6.20 Å². The average molecular weight is 315 g/mol. The number of aromatic amines is 1. The Morgan fingerprint density at radius 1 is 1.33 bits per heavy atom. The number of nitrogens with one attached hydrogen (secondary N) is 2. The highest BCUT2D eigenvalue weighted by molar-refractivity contribution is 7.89. The van der Waals surface area contributed by atoms with E-state index >= 15 is 0 Å². The number of rotatable bonds is 5. The largest absolute Gasteiger partial charge is 0.332 e. The number of hydrogen-bond donors (Lipinski definition) is 2. The fraction of sp³-hybridized carbons (Fsp3) is 0.769. The Morgan fingerprint density at radius 3 is 2.48 bits per heavy atom. The summed E-state index contributed by atoms with van der Waals surface area (Å²) in [6.07, 6.45) is 1.35. The van der Waals surface area contributed by atoms with Gasteiger partial charge in [-0.05, 0) is 27.8 Å². The second kappa shape index (κ2) is 6.04. The van der Waals surface area contributed by atoms with Gasteiger partial charge in [0.25, 0.3) is 10.0 Å². The first-order valence-corrected chi connectivity index (χ1v) is 8.64. The molecule has 2 N–H and O–H groups in total. The van der Waals surface area contributed by atoms with E-state index in [4.69, 9.17) is 0 Å².